The van der Waals surface area contributed by atoms with Gasteiger partial charge < -0.3 is 5.73 Å². The second-order valence-corrected chi connectivity index (χ2v) is 7.05. The molecule has 0 fully saturated rings. The zero-order valence-corrected chi connectivity index (χ0v) is 12.9. The third kappa shape index (κ3) is 3.36. The van der Waals surface area contributed by atoms with Gasteiger partial charge in [-0.15, -0.1) is 11.3 Å². The second-order valence-electron chi connectivity index (χ2n) is 4.47. The van der Waals surface area contributed by atoms with Crippen LogP contribution in [0.4, 0.5) is 14.5 Å². The summed E-state index contributed by atoms with van der Waals surface area (Å²) in [6.07, 6.45) is 0. The van der Waals surface area contributed by atoms with Gasteiger partial charge in [0.25, 0.3) is 0 Å². The van der Waals surface area contributed by atoms with Crippen LogP contribution in [-0.2, 0) is 10.0 Å². The lowest BCUT2D eigenvalue weighted by atomic mass is 10.3. The molecule has 3 N–H and O–H groups in total. The fourth-order valence-corrected chi connectivity index (χ4v) is 3.85. The molecule has 1 aromatic heterocycles. The summed E-state index contributed by atoms with van der Waals surface area (Å²) in [7, 11) is -4.17. The predicted molar refractivity (Wildman–Crippen MR) is 76.4 cm³/mol. The molecule has 0 bridgehead atoms. The van der Waals surface area contributed by atoms with Crippen LogP contribution in [0.15, 0.2) is 22.4 Å². The molecule has 1 unspecified atom stereocenters. The Kier molecular flexibility index (Phi) is 4.26. The van der Waals surface area contributed by atoms with Gasteiger partial charge in [0.2, 0.25) is 10.0 Å². The zero-order chi connectivity index (χ0) is 15.8. The Morgan fingerprint density at radius 3 is 2.57 bits per heavy atom. The Hall–Kier alpha value is -1.58. The van der Waals surface area contributed by atoms with Gasteiger partial charge in [-0.05, 0) is 19.9 Å². The van der Waals surface area contributed by atoms with E-state index in [4.69, 9.17) is 5.73 Å². The van der Waals surface area contributed by atoms with Crippen LogP contribution in [0.3, 0.4) is 0 Å². The molecule has 0 amide bonds. The first kappa shape index (κ1) is 15.8. The summed E-state index contributed by atoms with van der Waals surface area (Å²) in [4.78, 5) is 3.46. The number of sulfonamides is 1. The van der Waals surface area contributed by atoms with E-state index in [1.54, 1.807) is 19.2 Å². The molecule has 0 aliphatic rings. The van der Waals surface area contributed by atoms with Crippen LogP contribution in [0.5, 0.6) is 0 Å². The molecule has 2 rings (SSSR count). The Bertz CT molecular complexity index is 775. The van der Waals surface area contributed by atoms with Crippen molar-refractivity contribution in [2.45, 2.75) is 24.8 Å². The average molecular weight is 333 g/mol. The highest BCUT2D eigenvalue weighted by atomic mass is 32.2. The van der Waals surface area contributed by atoms with Crippen molar-refractivity contribution >= 4 is 27.0 Å². The first-order valence-electron chi connectivity index (χ1n) is 5.89. The number of thiazole rings is 1. The van der Waals surface area contributed by atoms with Crippen LogP contribution < -0.4 is 10.5 Å². The van der Waals surface area contributed by atoms with Gasteiger partial charge in [-0.1, -0.05) is 0 Å². The Balaban J connectivity index is 2.32. The molecular formula is C12H13F2N3O2S2. The fourth-order valence-electron chi connectivity index (χ4n) is 1.67. The van der Waals surface area contributed by atoms with Crippen LogP contribution in [0.2, 0.25) is 0 Å². The third-order valence-corrected chi connectivity index (χ3v) is 5.38. The van der Waals surface area contributed by atoms with Gasteiger partial charge in [0.05, 0.1) is 11.7 Å². The van der Waals surface area contributed by atoms with Gasteiger partial charge in [-0.2, -0.15) is 0 Å². The molecule has 1 heterocycles. The van der Waals surface area contributed by atoms with E-state index in [0.29, 0.717) is 11.1 Å². The minimum Gasteiger partial charge on any atom is -0.396 e. The molecule has 0 aliphatic carbocycles. The largest absolute Gasteiger partial charge is 0.396 e. The molecule has 0 saturated heterocycles. The molecule has 0 saturated carbocycles. The molecule has 5 nitrogen and oxygen atoms in total. The normalized spacial score (nSPS) is 13.3. The molecule has 21 heavy (non-hydrogen) atoms. The Morgan fingerprint density at radius 1 is 1.33 bits per heavy atom. The monoisotopic (exact) mass is 333 g/mol. The van der Waals surface area contributed by atoms with Crippen molar-refractivity contribution in [3.63, 3.8) is 0 Å². The first-order chi connectivity index (χ1) is 9.70. The number of hydrogen-bond acceptors (Lipinski definition) is 5. The van der Waals surface area contributed by atoms with E-state index in [-0.39, 0.29) is 0 Å². The molecule has 9 heteroatoms. The van der Waals surface area contributed by atoms with Crippen LogP contribution in [0.1, 0.15) is 23.7 Å². The van der Waals surface area contributed by atoms with Crippen LogP contribution >= 0.6 is 11.3 Å². The number of nitrogen functional groups attached to an aromatic ring is 1. The lowest BCUT2D eigenvalue weighted by molar-refractivity contribution is 0.537. The van der Waals surface area contributed by atoms with E-state index in [9.17, 15) is 17.2 Å². The van der Waals surface area contributed by atoms with E-state index in [1.807, 2.05) is 0 Å². The van der Waals surface area contributed by atoms with Crippen molar-refractivity contribution in [1.82, 2.24) is 9.71 Å². The predicted octanol–water partition coefficient (Wildman–Crippen LogP) is 2.35. The lowest BCUT2D eigenvalue weighted by Gasteiger charge is -2.13. The number of aryl methyl sites for hydroxylation is 1. The number of hydrogen-bond donors (Lipinski definition) is 2. The molecule has 1 atom stereocenters. The van der Waals surface area contributed by atoms with Crippen LogP contribution in [-0.4, -0.2) is 13.4 Å². The highest BCUT2D eigenvalue weighted by Gasteiger charge is 2.24. The number of rotatable bonds is 4. The molecule has 0 radical (unpaired) electrons. The molecular weight excluding hydrogens is 320 g/mol. The van der Waals surface area contributed by atoms with Crippen molar-refractivity contribution in [1.29, 1.82) is 0 Å². The van der Waals surface area contributed by atoms with Crippen molar-refractivity contribution < 1.29 is 17.2 Å². The van der Waals surface area contributed by atoms with Gasteiger partial charge in [-0.25, -0.2) is 26.9 Å². The number of halogens is 2. The maximum atomic E-state index is 13.7. The van der Waals surface area contributed by atoms with Gasteiger partial charge in [0, 0.05) is 17.1 Å². The molecule has 2 aromatic rings. The van der Waals surface area contributed by atoms with Gasteiger partial charge >= 0.3 is 0 Å². The van der Waals surface area contributed by atoms with E-state index in [2.05, 4.69) is 9.71 Å². The maximum absolute atomic E-state index is 13.7. The summed E-state index contributed by atoms with van der Waals surface area (Å²) >= 11 is 1.29. The highest BCUT2D eigenvalue weighted by Crippen LogP contribution is 2.24. The number of nitrogens with zero attached hydrogens (tertiary/aromatic N) is 1. The highest BCUT2D eigenvalue weighted by molar-refractivity contribution is 7.89. The smallest absolute Gasteiger partial charge is 0.244 e. The summed E-state index contributed by atoms with van der Waals surface area (Å²) < 4.78 is 53.3. The van der Waals surface area contributed by atoms with Gasteiger partial charge in [0.15, 0.2) is 0 Å². The minimum absolute atomic E-state index is 0.436. The maximum Gasteiger partial charge on any atom is 0.244 e. The fraction of sp³-hybridized carbons (Fsp3) is 0.250. The SMILES string of the molecule is Cc1csc(C(C)NS(=O)(=O)c2cc(N)c(F)cc2F)n1. The third-order valence-electron chi connectivity index (χ3n) is 2.68. The van der Waals surface area contributed by atoms with E-state index in [0.717, 1.165) is 11.8 Å². The molecule has 114 valence electrons. The van der Waals surface area contributed by atoms with E-state index < -0.39 is 38.3 Å². The summed E-state index contributed by atoms with van der Waals surface area (Å²) in [5.74, 6) is -2.20. The summed E-state index contributed by atoms with van der Waals surface area (Å²) in [5.41, 5.74) is 5.61. The molecule has 0 aliphatic heterocycles. The van der Waals surface area contributed by atoms with Crippen molar-refractivity contribution in [2.75, 3.05) is 5.73 Å². The van der Waals surface area contributed by atoms with Gasteiger partial charge in [-0.3, -0.25) is 0 Å². The van der Waals surface area contributed by atoms with E-state index in [1.165, 1.54) is 11.3 Å². The lowest BCUT2D eigenvalue weighted by Crippen LogP contribution is -2.27. The van der Waals surface area contributed by atoms with Crippen LogP contribution in [0, 0.1) is 18.6 Å². The summed E-state index contributed by atoms with van der Waals surface area (Å²) in [6.45, 7) is 3.36. The second kappa shape index (κ2) is 5.66. The topological polar surface area (TPSA) is 85.1 Å². The number of nitrogens with two attached hydrogens (primary N) is 1. The zero-order valence-electron chi connectivity index (χ0n) is 11.2. The number of aromatic nitrogens is 1. The number of nitrogens with one attached hydrogen (secondary N) is 1. The first-order valence-corrected chi connectivity index (χ1v) is 8.26. The standard InChI is InChI=1S/C12H13F2N3O2S2/c1-6-5-20-12(16-6)7(2)17-21(18,19)11-4-10(15)8(13)3-9(11)14/h3-5,7,17H,15H2,1-2H3. The van der Waals surface area contributed by atoms with Crippen molar-refractivity contribution in [3.8, 4) is 0 Å². The number of anilines is 1. The Labute approximate surface area is 124 Å². The summed E-state index contributed by atoms with van der Waals surface area (Å²) in [6, 6.07) is 0.564. The Morgan fingerprint density at radius 2 is 2.00 bits per heavy atom. The minimum atomic E-state index is -4.17. The quantitative estimate of drug-likeness (QED) is 0.841. The molecule has 0 spiro atoms. The van der Waals surface area contributed by atoms with E-state index >= 15 is 0 Å². The van der Waals surface area contributed by atoms with Crippen molar-refractivity contribution in [3.05, 3.63) is 39.8 Å². The van der Waals surface area contributed by atoms with Crippen LogP contribution in [0.25, 0.3) is 0 Å². The van der Waals surface area contributed by atoms with Crippen molar-refractivity contribution in [2.24, 2.45) is 0 Å². The van der Waals surface area contributed by atoms with Gasteiger partial charge in [0.1, 0.15) is 21.5 Å². The average Bonchev–Trinajstić information content (AvgIpc) is 2.80. The number of benzene rings is 1. The molecule has 1 aromatic carbocycles. The summed E-state index contributed by atoms with van der Waals surface area (Å²) in [5, 5.41) is 2.32.